The van der Waals surface area contributed by atoms with E-state index in [-0.39, 0.29) is 12.5 Å². The largest absolute Gasteiger partial charge is 0.484 e. The van der Waals surface area contributed by atoms with Crippen LogP contribution in [0, 0.1) is 6.92 Å². The lowest BCUT2D eigenvalue weighted by atomic mass is 10.0. The lowest BCUT2D eigenvalue weighted by molar-refractivity contribution is -0.136. The van der Waals surface area contributed by atoms with Crippen molar-refractivity contribution >= 4 is 21.9 Å². The quantitative estimate of drug-likeness (QED) is 0.561. The van der Waals surface area contributed by atoms with Crippen LogP contribution in [0.2, 0.25) is 0 Å². The molecule has 0 amide bonds. The number of hydrogen-bond acceptors (Lipinski definition) is 3. The van der Waals surface area contributed by atoms with Gasteiger partial charge in [-0.2, -0.15) is 0 Å². The molecule has 0 radical (unpaired) electrons. The van der Waals surface area contributed by atoms with Crippen molar-refractivity contribution in [2.75, 3.05) is 0 Å². The molecular formula is C20H24BrNO3. The third-order valence-electron chi connectivity index (χ3n) is 4.09. The molecule has 0 saturated carbocycles. The van der Waals surface area contributed by atoms with E-state index in [2.05, 4.69) is 27.8 Å². The Morgan fingerprint density at radius 3 is 2.76 bits per heavy atom. The predicted octanol–water partition coefficient (Wildman–Crippen LogP) is 5.48. The minimum Gasteiger partial charge on any atom is -0.484 e. The Morgan fingerprint density at radius 2 is 2.12 bits per heavy atom. The van der Waals surface area contributed by atoms with Gasteiger partial charge in [0.25, 0.3) is 0 Å². The van der Waals surface area contributed by atoms with E-state index in [1.165, 1.54) is 0 Å². The first kappa shape index (κ1) is 19.4. The van der Waals surface area contributed by atoms with E-state index in [1.54, 1.807) is 0 Å². The van der Waals surface area contributed by atoms with Gasteiger partial charge < -0.3 is 9.84 Å². The minimum atomic E-state index is -0.778. The summed E-state index contributed by atoms with van der Waals surface area (Å²) in [5.74, 6) is 0.0135. The molecule has 0 aliphatic heterocycles. The molecule has 0 bridgehead atoms. The van der Waals surface area contributed by atoms with Crippen LogP contribution in [-0.2, 0) is 11.2 Å². The van der Waals surface area contributed by atoms with Crippen molar-refractivity contribution in [2.24, 2.45) is 0 Å². The topological polar surface area (TPSA) is 59.4 Å². The van der Waals surface area contributed by atoms with Crippen LogP contribution in [0.5, 0.6) is 5.75 Å². The Kier molecular flexibility index (Phi) is 7.44. The molecule has 0 saturated heterocycles. The molecule has 2 rings (SSSR count). The highest BCUT2D eigenvalue weighted by atomic mass is 79.9. The molecule has 25 heavy (non-hydrogen) atoms. The maximum absolute atomic E-state index is 10.7. The average molecular weight is 406 g/mol. The van der Waals surface area contributed by atoms with Crippen molar-refractivity contribution in [1.29, 1.82) is 0 Å². The molecule has 0 spiro atoms. The predicted molar refractivity (Wildman–Crippen MR) is 102 cm³/mol. The second-order valence-electron chi connectivity index (χ2n) is 6.12. The summed E-state index contributed by atoms with van der Waals surface area (Å²) in [4.78, 5) is 15.3. The highest BCUT2D eigenvalue weighted by molar-refractivity contribution is 9.10. The van der Waals surface area contributed by atoms with Gasteiger partial charge in [0.2, 0.25) is 0 Å². The number of nitrogens with zero attached hydrogens (tertiary/aromatic N) is 1. The van der Waals surface area contributed by atoms with Crippen molar-refractivity contribution < 1.29 is 14.6 Å². The van der Waals surface area contributed by atoms with Crippen LogP contribution >= 0.6 is 15.9 Å². The average Bonchev–Trinajstić information content (AvgIpc) is 2.57. The number of aromatic nitrogens is 1. The van der Waals surface area contributed by atoms with Crippen LogP contribution < -0.4 is 4.74 Å². The Hall–Kier alpha value is -1.88. The molecule has 1 atom stereocenters. The first-order valence-corrected chi connectivity index (χ1v) is 9.39. The maximum atomic E-state index is 10.7. The van der Waals surface area contributed by atoms with Crippen LogP contribution in [0.3, 0.4) is 0 Å². The molecule has 0 fully saturated rings. The molecule has 0 aliphatic carbocycles. The van der Waals surface area contributed by atoms with Gasteiger partial charge in [-0.15, -0.1) is 0 Å². The molecule has 4 nitrogen and oxygen atoms in total. The fourth-order valence-electron chi connectivity index (χ4n) is 2.69. The third-order valence-corrected chi connectivity index (χ3v) is 4.53. The van der Waals surface area contributed by atoms with E-state index < -0.39 is 5.97 Å². The number of rotatable bonds is 9. The van der Waals surface area contributed by atoms with E-state index in [9.17, 15) is 4.79 Å². The van der Waals surface area contributed by atoms with Gasteiger partial charge in [0.1, 0.15) is 16.5 Å². The van der Waals surface area contributed by atoms with Gasteiger partial charge in [-0.25, -0.2) is 4.98 Å². The summed E-state index contributed by atoms with van der Waals surface area (Å²) in [6.07, 6.45) is 3.65. The molecule has 134 valence electrons. The molecule has 1 heterocycles. The zero-order valence-electron chi connectivity index (χ0n) is 14.7. The third kappa shape index (κ3) is 6.16. The number of carboxylic acids is 1. The lowest BCUT2D eigenvalue weighted by Crippen LogP contribution is -2.10. The van der Waals surface area contributed by atoms with E-state index in [0.717, 1.165) is 46.4 Å². The second kappa shape index (κ2) is 9.56. The van der Waals surface area contributed by atoms with Gasteiger partial charge in [0.15, 0.2) is 0 Å². The Bertz CT molecular complexity index is 718. The normalized spacial score (nSPS) is 12.0. The first-order valence-electron chi connectivity index (χ1n) is 8.60. The summed E-state index contributed by atoms with van der Waals surface area (Å²) in [5, 5.41) is 8.83. The van der Waals surface area contributed by atoms with E-state index in [0.29, 0.717) is 6.42 Å². The smallest absolute Gasteiger partial charge is 0.303 e. The molecule has 0 unspecified atom stereocenters. The number of ether oxygens (including phenoxy) is 1. The fourth-order valence-corrected chi connectivity index (χ4v) is 3.05. The number of carboxylic acid groups (broad SMARTS) is 1. The van der Waals surface area contributed by atoms with E-state index in [4.69, 9.17) is 9.84 Å². The summed E-state index contributed by atoms with van der Waals surface area (Å²) in [7, 11) is 0. The van der Waals surface area contributed by atoms with Crippen LogP contribution in [0.4, 0.5) is 0 Å². The zero-order chi connectivity index (χ0) is 18.2. The molecule has 1 aromatic heterocycles. The molecular weight excluding hydrogens is 382 g/mol. The molecule has 5 heteroatoms. The van der Waals surface area contributed by atoms with Crippen LogP contribution in [0.1, 0.15) is 55.5 Å². The van der Waals surface area contributed by atoms with Gasteiger partial charge in [0.05, 0.1) is 5.69 Å². The number of aryl methyl sites for hydroxylation is 2. The number of benzene rings is 1. The molecule has 1 N–H and O–H groups in total. The van der Waals surface area contributed by atoms with Gasteiger partial charge in [-0.05, 0) is 77.5 Å². The van der Waals surface area contributed by atoms with Crippen molar-refractivity contribution in [3.8, 4) is 5.75 Å². The summed E-state index contributed by atoms with van der Waals surface area (Å²) in [5.41, 5.74) is 3.01. The van der Waals surface area contributed by atoms with Gasteiger partial charge >= 0.3 is 5.97 Å². The summed E-state index contributed by atoms with van der Waals surface area (Å²) in [6, 6.07) is 11.7. The van der Waals surface area contributed by atoms with Crippen molar-refractivity contribution in [2.45, 2.75) is 52.1 Å². The van der Waals surface area contributed by atoms with Gasteiger partial charge in [0, 0.05) is 6.42 Å². The van der Waals surface area contributed by atoms with Crippen LogP contribution in [-0.4, -0.2) is 16.1 Å². The maximum Gasteiger partial charge on any atom is 0.303 e. The second-order valence-corrected chi connectivity index (χ2v) is 6.93. The zero-order valence-corrected chi connectivity index (χ0v) is 16.3. The number of unbranched alkanes of at least 4 members (excludes halogenated alkanes) is 1. The standard InChI is InChI=1S/C20H24BrNO3/c1-3-4-7-18(17-6-5-8-19(21)22-17)25-16-11-9-15(14(2)13-16)10-12-20(23)24/h5-6,8-9,11,13,18H,3-4,7,10,12H2,1-2H3,(H,23,24)/t18-/m1/s1. The van der Waals surface area contributed by atoms with E-state index >= 15 is 0 Å². The van der Waals surface area contributed by atoms with Crippen molar-refractivity contribution in [3.05, 3.63) is 57.8 Å². The Labute approximate surface area is 157 Å². The highest BCUT2D eigenvalue weighted by Gasteiger charge is 2.15. The minimum absolute atomic E-state index is 0.0956. The monoisotopic (exact) mass is 405 g/mol. The van der Waals surface area contributed by atoms with Crippen molar-refractivity contribution in [3.63, 3.8) is 0 Å². The number of pyridine rings is 1. The fraction of sp³-hybridized carbons (Fsp3) is 0.400. The lowest BCUT2D eigenvalue weighted by Gasteiger charge is -2.20. The van der Waals surface area contributed by atoms with Gasteiger partial charge in [-0.1, -0.05) is 25.5 Å². The number of aliphatic carboxylic acids is 1. The molecule has 1 aromatic carbocycles. The Morgan fingerprint density at radius 1 is 1.32 bits per heavy atom. The van der Waals surface area contributed by atoms with E-state index in [1.807, 2.05) is 43.3 Å². The number of carbonyl (C=O) groups is 1. The summed E-state index contributed by atoms with van der Waals surface area (Å²) in [6.45, 7) is 4.15. The number of hydrogen-bond donors (Lipinski definition) is 1. The van der Waals surface area contributed by atoms with Crippen LogP contribution in [0.25, 0.3) is 0 Å². The molecule has 0 aliphatic rings. The van der Waals surface area contributed by atoms with Crippen molar-refractivity contribution in [1.82, 2.24) is 4.98 Å². The number of halogens is 1. The summed E-state index contributed by atoms with van der Waals surface area (Å²) >= 11 is 3.42. The van der Waals surface area contributed by atoms with Gasteiger partial charge in [-0.3, -0.25) is 4.79 Å². The first-order chi connectivity index (χ1) is 12.0. The Balaban J connectivity index is 2.15. The molecule has 2 aromatic rings. The summed E-state index contributed by atoms with van der Waals surface area (Å²) < 4.78 is 7.02. The van der Waals surface area contributed by atoms with Crippen LogP contribution in [0.15, 0.2) is 41.0 Å². The highest BCUT2D eigenvalue weighted by Crippen LogP contribution is 2.28. The SMILES string of the molecule is CCCC[C@@H](Oc1ccc(CCC(=O)O)c(C)c1)c1cccc(Br)n1.